The van der Waals surface area contributed by atoms with Crippen LogP contribution in [0.15, 0.2) is 47.0 Å². The SMILES string of the molecule is COC(=O)C1CCC(OC(C)(OCC(=O)Cc2ccc3nc(-c4cn(C)c5ccccc45)oc3c2F)N2CCCC2)CC1. The zero-order chi connectivity index (χ0) is 30.1. The Hall–Kier alpha value is -3.60. The van der Waals surface area contributed by atoms with Gasteiger partial charge in [0.1, 0.15) is 12.1 Å². The van der Waals surface area contributed by atoms with Crippen LogP contribution < -0.4 is 0 Å². The topological polar surface area (TPSA) is 96.0 Å². The molecule has 3 heterocycles. The maximum absolute atomic E-state index is 15.6. The molecule has 0 amide bonds. The van der Waals surface area contributed by atoms with Crippen molar-refractivity contribution in [1.82, 2.24) is 14.5 Å². The first-order valence-corrected chi connectivity index (χ1v) is 15.0. The fourth-order valence-corrected chi connectivity index (χ4v) is 6.46. The van der Waals surface area contributed by atoms with Crippen LogP contribution in [0, 0.1) is 11.7 Å². The Morgan fingerprint density at radius 3 is 2.58 bits per heavy atom. The van der Waals surface area contributed by atoms with E-state index in [4.69, 9.17) is 18.6 Å². The van der Waals surface area contributed by atoms with Crippen molar-refractivity contribution in [2.75, 3.05) is 26.8 Å². The summed E-state index contributed by atoms with van der Waals surface area (Å²) in [6.45, 7) is 3.24. The van der Waals surface area contributed by atoms with Crippen LogP contribution in [-0.4, -0.2) is 65.0 Å². The van der Waals surface area contributed by atoms with Crippen LogP contribution in [0.1, 0.15) is 51.0 Å². The van der Waals surface area contributed by atoms with Crippen molar-refractivity contribution in [3.8, 4) is 11.5 Å². The summed E-state index contributed by atoms with van der Waals surface area (Å²) in [5.41, 5.74) is 2.45. The van der Waals surface area contributed by atoms with Crippen molar-refractivity contribution in [3.63, 3.8) is 0 Å². The standard InChI is InChI=1S/C33H38FN3O6/c1-33(37-16-6-7-17-37,43-24-13-10-21(11-14-24)32(39)40-3)41-20-23(38)18-22-12-15-27-30(29(22)34)42-31(35-27)26-19-36(2)28-9-5-4-8-25(26)28/h4-5,8-9,12,15,19,21,24H,6-7,10-11,13-14,16-18,20H2,1-3H3. The Labute approximate surface area is 249 Å². The molecule has 1 saturated carbocycles. The van der Waals surface area contributed by atoms with Gasteiger partial charge >= 0.3 is 5.97 Å². The third-order valence-electron chi connectivity index (χ3n) is 8.87. The number of methoxy groups -OCH3 is 1. The number of ether oxygens (including phenoxy) is 3. The van der Waals surface area contributed by atoms with Crippen LogP contribution in [0.4, 0.5) is 4.39 Å². The molecule has 0 spiro atoms. The van der Waals surface area contributed by atoms with Gasteiger partial charge in [0.15, 0.2) is 17.2 Å². The van der Waals surface area contributed by atoms with E-state index in [1.165, 1.54) is 7.11 Å². The largest absolute Gasteiger partial charge is 0.469 e. The lowest BCUT2D eigenvalue weighted by atomic mass is 9.87. The third-order valence-corrected chi connectivity index (χ3v) is 8.87. The Bertz CT molecular complexity index is 1630. The van der Waals surface area contributed by atoms with Crippen LogP contribution in [-0.2, 0) is 37.3 Å². The highest BCUT2D eigenvalue weighted by Gasteiger charge is 2.40. The number of esters is 1. The van der Waals surface area contributed by atoms with Crippen LogP contribution in [0.3, 0.4) is 0 Å². The first kappa shape index (κ1) is 29.5. The molecule has 2 aromatic heterocycles. The molecule has 1 saturated heterocycles. The number of rotatable bonds is 10. The Morgan fingerprint density at radius 1 is 1.09 bits per heavy atom. The van der Waals surface area contributed by atoms with E-state index >= 15 is 4.39 Å². The summed E-state index contributed by atoms with van der Waals surface area (Å²) in [7, 11) is 3.36. The van der Waals surface area contributed by atoms with Gasteiger partial charge in [-0.05, 0) is 56.2 Å². The smallest absolute Gasteiger partial charge is 0.308 e. The third kappa shape index (κ3) is 5.96. The molecule has 228 valence electrons. The number of para-hydroxylation sites is 1. The van der Waals surface area contributed by atoms with Gasteiger partial charge in [-0.25, -0.2) is 9.37 Å². The molecule has 4 aromatic rings. The Balaban J connectivity index is 1.13. The first-order chi connectivity index (χ1) is 20.8. The minimum atomic E-state index is -1.09. The summed E-state index contributed by atoms with van der Waals surface area (Å²) in [4.78, 5) is 31.7. The average molecular weight is 592 g/mol. The predicted molar refractivity (Wildman–Crippen MR) is 159 cm³/mol. The number of nitrogens with zero attached hydrogens (tertiary/aromatic N) is 3. The van der Waals surface area contributed by atoms with E-state index in [0.717, 1.165) is 42.4 Å². The molecule has 0 N–H and O–H groups in total. The van der Waals surface area contributed by atoms with E-state index in [9.17, 15) is 9.59 Å². The number of oxazole rings is 1. The van der Waals surface area contributed by atoms with Gasteiger partial charge in [0.2, 0.25) is 11.8 Å². The lowest BCUT2D eigenvalue weighted by Crippen LogP contribution is -2.52. The summed E-state index contributed by atoms with van der Waals surface area (Å²) in [6.07, 6.45) is 6.53. The number of likely N-dealkylation sites (tertiary alicyclic amines) is 1. The second-order valence-electron chi connectivity index (χ2n) is 11.8. The second kappa shape index (κ2) is 12.2. The number of hydrogen-bond donors (Lipinski definition) is 0. The van der Waals surface area contributed by atoms with E-state index in [1.54, 1.807) is 12.1 Å². The number of carbonyl (C=O) groups excluding carboxylic acids is 2. The molecule has 0 radical (unpaired) electrons. The number of benzene rings is 2. The molecular formula is C33H38FN3O6. The highest BCUT2D eigenvalue weighted by molar-refractivity contribution is 5.95. The number of ketones is 1. The fraction of sp³-hybridized carbons (Fsp3) is 0.485. The molecule has 43 heavy (non-hydrogen) atoms. The van der Waals surface area contributed by atoms with Crippen LogP contribution in [0.25, 0.3) is 33.5 Å². The van der Waals surface area contributed by atoms with Crippen molar-refractivity contribution < 1.29 is 32.6 Å². The Kier molecular flexibility index (Phi) is 8.35. The number of fused-ring (bicyclic) bond motifs is 2. The van der Waals surface area contributed by atoms with Crippen molar-refractivity contribution >= 4 is 33.8 Å². The van der Waals surface area contributed by atoms with E-state index in [1.807, 2.05) is 49.0 Å². The van der Waals surface area contributed by atoms with Gasteiger partial charge in [0, 0.05) is 50.6 Å². The number of halogens is 1. The highest BCUT2D eigenvalue weighted by Crippen LogP contribution is 2.35. The summed E-state index contributed by atoms with van der Waals surface area (Å²) in [6, 6.07) is 11.2. The maximum Gasteiger partial charge on any atom is 0.308 e. The van der Waals surface area contributed by atoms with Gasteiger partial charge < -0.3 is 23.2 Å². The lowest BCUT2D eigenvalue weighted by molar-refractivity contribution is -0.320. The molecule has 1 aliphatic heterocycles. The minimum absolute atomic E-state index is 0.0296. The van der Waals surface area contributed by atoms with Crippen molar-refractivity contribution in [2.24, 2.45) is 13.0 Å². The van der Waals surface area contributed by atoms with Crippen molar-refractivity contribution in [3.05, 3.63) is 54.0 Å². The number of aryl methyl sites for hydroxylation is 1. The van der Waals surface area contributed by atoms with E-state index in [2.05, 4.69) is 9.88 Å². The molecule has 6 rings (SSSR count). The van der Waals surface area contributed by atoms with Gasteiger partial charge in [-0.2, -0.15) is 0 Å². The molecular weight excluding hydrogens is 553 g/mol. The monoisotopic (exact) mass is 591 g/mol. The number of Topliss-reactive ketones (excluding diaryl/α,β-unsaturated/α-hetero) is 1. The second-order valence-corrected chi connectivity index (χ2v) is 11.8. The van der Waals surface area contributed by atoms with Gasteiger partial charge in [-0.1, -0.05) is 24.3 Å². The quantitative estimate of drug-likeness (QED) is 0.169. The van der Waals surface area contributed by atoms with Gasteiger partial charge in [-0.15, -0.1) is 0 Å². The van der Waals surface area contributed by atoms with Gasteiger partial charge in [0.05, 0.1) is 24.7 Å². The molecule has 0 bridgehead atoms. The van der Waals surface area contributed by atoms with Gasteiger partial charge in [0.25, 0.3) is 0 Å². The molecule has 1 atom stereocenters. The summed E-state index contributed by atoms with van der Waals surface area (Å²) in [5, 5.41) is 0.962. The summed E-state index contributed by atoms with van der Waals surface area (Å²) < 4.78 is 41.1. The van der Waals surface area contributed by atoms with E-state index < -0.39 is 11.7 Å². The van der Waals surface area contributed by atoms with Crippen molar-refractivity contribution in [2.45, 2.75) is 63.9 Å². The van der Waals surface area contributed by atoms with Crippen LogP contribution in [0.2, 0.25) is 0 Å². The molecule has 9 nitrogen and oxygen atoms in total. The molecule has 1 unspecified atom stereocenters. The lowest BCUT2D eigenvalue weighted by Gasteiger charge is -2.41. The predicted octanol–water partition coefficient (Wildman–Crippen LogP) is 5.77. The highest BCUT2D eigenvalue weighted by atomic mass is 19.1. The zero-order valence-electron chi connectivity index (χ0n) is 24.9. The fourth-order valence-electron chi connectivity index (χ4n) is 6.46. The first-order valence-electron chi connectivity index (χ1n) is 15.0. The number of carbonyl (C=O) groups is 2. The normalized spacial score (nSPS) is 20.9. The van der Waals surface area contributed by atoms with Crippen LogP contribution in [0.5, 0.6) is 0 Å². The molecule has 2 aliphatic rings. The maximum atomic E-state index is 15.6. The van der Waals surface area contributed by atoms with Gasteiger partial charge in [-0.3, -0.25) is 14.5 Å². The molecule has 2 fully saturated rings. The van der Waals surface area contributed by atoms with E-state index in [0.29, 0.717) is 37.1 Å². The molecule has 10 heteroatoms. The van der Waals surface area contributed by atoms with Crippen LogP contribution >= 0.6 is 0 Å². The van der Waals surface area contributed by atoms with Crippen molar-refractivity contribution in [1.29, 1.82) is 0 Å². The number of hydrogen-bond acceptors (Lipinski definition) is 8. The average Bonchev–Trinajstić information content (AvgIpc) is 3.78. The molecule has 1 aliphatic carbocycles. The number of aromatic nitrogens is 2. The summed E-state index contributed by atoms with van der Waals surface area (Å²) >= 11 is 0. The summed E-state index contributed by atoms with van der Waals surface area (Å²) in [5.74, 6) is -1.90. The van der Waals surface area contributed by atoms with E-state index in [-0.39, 0.29) is 47.9 Å². The minimum Gasteiger partial charge on any atom is -0.469 e. The Morgan fingerprint density at radius 2 is 1.84 bits per heavy atom. The molecule has 2 aromatic carbocycles. The zero-order valence-corrected chi connectivity index (χ0v) is 24.9.